The Balaban J connectivity index is 1.42. The summed E-state index contributed by atoms with van der Waals surface area (Å²) >= 11 is 6.56. The third-order valence-electron chi connectivity index (χ3n) is 7.99. The van der Waals surface area contributed by atoms with Crippen molar-refractivity contribution in [3.63, 3.8) is 0 Å². The molecule has 1 saturated heterocycles. The van der Waals surface area contributed by atoms with E-state index in [-0.39, 0.29) is 29.5 Å². The van der Waals surface area contributed by atoms with Crippen LogP contribution in [0.4, 0.5) is 14.9 Å². The minimum Gasteiger partial charge on any atom is -0.450 e. The quantitative estimate of drug-likeness (QED) is 0.633. The highest BCUT2D eigenvalue weighted by molar-refractivity contribution is 6.35. The van der Waals surface area contributed by atoms with Crippen LogP contribution >= 0.6 is 11.6 Å². The van der Waals surface area contributed by atoms with E-state index in [2.05, 4.69) is 10.6 Å². The topological polar surface area (TPSA) is 74.6 Å². The molecule has 3 fully saturated rings. The normalized spacial score (nSPS) is 31.1. The largest absolute Gasteiger partial charge is 0.450 e. The van der Waals surface area contributed by atoms with Crippen molar-refractivity contribution in [1.82, 2.24) is 10.2 Å². The molecule has 1 aromatic heterocycles. The molecule has 2 aliphatic heterocycles. The number of amides is 3. The molecule has 0 radical (unpaired) electrons. The molecule has 1 spiro atoms. The van der Waals surface area contributed by atoms with E-state index >= 15 is 0 Å². The number of benzene rings is 1. The molecule has 0 bridgehead atoms. The molecule has 6 nitrogen and oxygen atoms in total. The Morgan fingerprint density at radius 3 is 2.77 bits per heavy atom. The van der Waals surface area contributed by atoms with Gasteiger partial charge in [-0.3, -0.25) is 4.79 Å². The summed E-state index contributed by atoms with van der Waals surface area (Å²) in [6, 6.07) is 3.20. The fourth-order valence-corrected chi connectivity index (χ4v) is 6.46. The first-order valence-corrected chi connectivity index (χ1v) is 11.5. The van der Waals surface area contributed by atoms with Gasteiger partial charge in [-0.25, -0.2) is 9.18 Å². The van der Waals surface area contributed by atoms with Gasteiger partial charge < -0.3 is 20.0 Å². The molecule has 1 aromatic carbocycles. The van der Waals surface area contributed by atoms with Gasteiger partial charge in [0, 0.05) is 35.9 Å². The molecular formula is C23H25ClFN3O3. The summed E-state index contributed by atoms with van der Waals surface area (Å²) in [4.78, 5) is 27.3. The van der Waals surface area contributed by atoms with Crippen molar-refractivity contribution in [3.8, 4) is 0 Å². The van der Waals surface area contributed by atoms with Gasteiger partial charge in [0.25, 0.3) is 5.91 Å². The van der Waals surface area contributed by atoms with Gasteiger partial charge in [-0.1, -0.05) is 30.9 Å². The van der Waals surface area contributed by atoms with Crippen molar-refractivity contribution in [3.05, 3.63) is 28.5 Å². The second-order valence-corrected chi connectivity index (χ2v) is 10.2. The van der Waals surface area contributed by atoms with Crippen molar-refractivity contribution in [2.75, 3.05) is 18.4 Å². The van der Waals surface area contributed by atoms with Crippen molar-refractivity contribution in [2.45, 2.75) is 56.7 Å². The molecule has 3 atom stereocenters. The maximum absolute atomic E-state index is 14.4. The van der Waals surface area contributed by atoms with Crippen LogP contribution in [-0.2, 0) is 5.54 Å². The Morgan fingerprint density at radius 2 is 2.03 bits per heavy atom. The summed E-state index contributed by atoms with van der Waals surface area (Å²) < 4.78 is 20.6. The summed E-state index contributed by atoms with van der Waals surface area (Å²) in [5.74, 6) is 0.00954. The van der Waals surface area contributed by atoms with E-state index in [0.717, 1.165) is 43.1 Å². The summed E-state index contributed by atoms with van der Waals surface area (Å²) in [6.45, 7) is 2.60. The molecule has 6 rings (SSSR count). The molecule has 2 saturated carbocycles. The number of hydrogen-bond donors (Lipinski definition) is 2. The Labute approximate surface area is 184 Å². The van der Waals surface area contributed by atoms with E-state index in [1.165, 1.54) is 0 Å². The smallest absolute Gasteiger partial charge is 0.319 e. The first-order chi connectivity index (χ1) is 14.8. The number of urea groups is 1. The number of carbonyl (C=O) groups is 2. The Morgan fingerprint density at radius 1 is 1.26 bits per heavy atom. The molecule has 3 amide bonds. The van der Waals surface area contributed by atoms with Crippen molar-refractivity contribution >= 4 is 40.2 Å². The number of hydrogen-bond acceptors (Lipinski definition) is 3. The van der Waals surface area contributed by atoms with E-state index < -0.39 is 11.2 Å². The average Bonchev–Trinajstić information content (AvgIpc) is 3.06. The third-order valence-corrected chi connectivity index (χ3v) is 8.29. The zero-order valence-corrected chi connectivity index (χ0v) is 18.2. The van der Waals surface area contributed by atoms with Gasteiger partial charge in [0.2, 0.25) is 0 Å². The van der Waals surface area contributed by atoms with Crippen LogP contribution < -0.4 is 10.6 Å². The van der Waals surface area contributed by atoms with Crippen LogP contribution in [0.25, 0.3) is 11.0 Å². The minimum atomic E-state index is -1.16. The monoisotopic (exact) mass is 445 g/mol. The molecule has 3 unspecified atom stereocenters. The van der Waals surface area contributed by atoms with Gasteiger partial charge in [0.05, 0.1) is 16.2 Å². The highest BCUT2D eigenvalue weighted by Crippen LogP contribution is 2.58. The number of likely N-dealkylation sites (tertiary alicyclic amines) is 1. The van der Waals surface area contributed by atoms with Gasteiger partial charge in [-0.05, 0) is 38.3 Å². The zero-order valence-electron chi connectivity index (χ0n) is 17.4. The lowest BCUT2D eigenvalue weighted by Gasteiger charge is -2.42. The molecule has 2 aromatic rings. The highest BCUT2D eigenvalue weighted by atomic mass is 35.5. The van der Waals surface area contributed by atoms with Crippen molar-refractivity contribution < 1.29 is 18.4 Å². The zero-order chi connectivity index (χ0) is 21.5. The number of piperidine rings is 1. The fourth-order valence-electron chi connectivity index (χ4n) is 6.20. The number of rotatable bonds is 1. The van der Waals surface area contributed by atoms with Crippen LogP contribution in [0.3, 0.4) is 0 Å². The van der Waals surface area contributed by atoms with Gasteiger partial charge in [0.15, 0.2) is 5.76 Å². The van der Waals surface area contributed by atoms with E-state index in [9.17, 15) is 14.0 Å². The van der Waals surface area contributed by atoms with E-state index in [4.69, 9.17) is 16.0 Å². The van der Waals surface area contributed by atoms with Crippen LogP contribution in [0, 0.1) is 11.8 Å². The lowest BCUT2D eigenvalue weighted by atomic mass is 9.74. The Kier molecular flexibility index (Phi) is 3.99. The van der Waals surface area contributed by atoms with E-state index in [1.54, 1.807) is 24.0 Å². The Bertz CT molecular complexity index is 1120. The first kappa shape index (κ1) is 19.4. The van der Waals surface area contributed by atoms with Gasteiger partial charge in [-0.15, -0.1) is 0 Å². The van der Waals surface area contributed by atoms with Gasteiger partial charge in [0.1, 0.15) is 11.3 Å². The molecule has 8 heteroatoms. The molecule has 3 heterocycles. The van der Waals surface area contributed by atoms with Crippen LogP contribution in [-0.4, -0.2) is 35.6 Å². The summed E-state index contributed by atoms with van der Waals surface area (Å²) in [6.07, 6.45) is 5.41. The molecule has 31 heavy (non-hydrogen) atoms. The maximum atomic E-state index is 14.4. The maximum Gasteiger partial charge on any atom is 0.319 e. The number of carbonyl (C=O) groups excluding carboxylic acids is 2. The number of anilines is 1. The predicted molar refractivity (Wildman–Crippen MR) is 115 cm³/mol. The van der Waals surface area contributed by atoms with Crippen LogP contribution in [0.1, 0.15) is 61.6 Å². The van der Waals surface area contributed by atoms with Gasteiger partial charge in [-0.2, -0.15) is 0 Å². The molecule has 4 aliphatic rings. The van der Waals surface area contributed by atoms with Crippen molar-refractivity contribution in [2.24, 2.45) is 11.8 Å². The van der Waals surface area contributed by atoms with Crippen LogP contribution in [0.2, 0.25) is 5.02 Å². The third kappa shape index (κ3) is 2.75. The lowest BCUT2D eigenvalue weighted by molar-refractivity contribution is 0.0684. The summed E-state index contributed by atoms with van der Waals surface area (Å²) in [5.41, 5.74) is 0.298. The number of furan rings is 1. The lowest BCUT2D eigenvalue weighted by Crippen LogP contribution is -2.52. The SMILES string of the molecule is CC1(F)C2CCN(C(=O)c3cc4cc(Cl)c5c(c4o3)C3(CCCCC3)NC(=O)N5)CC21. The molecule has 2 aliphatic carbocycles. The number of alkyl halides is 1. The number of nitrogens with one attached hydrogen (secondary N) is 2. The number of fused-ring (bicyclic) bond motifs is 5. The Hall–Kier alpha value is -2.28. The minimum absolute atomic E-state index is 0.0684. The first-order valence-electron chi connectivity index (χ1n) is 11.1. The van der Waals surface area contributed by atoms with Gasteiger partial charge >= 0.3 is 6.03 Å². The van der Waals surface area contributed by atoms with Crippen molar-refractivity contribution in [1.29, 1.82) is 0 Å². The van der Waals surface area contributed by atoms with E-state index in [1.807, 2.05) is 0 Å². The second kappa shape index (κ2) is 6.37. The van der Waals surface area contributed by atoms with Crippen LogP contribution in [0.15, 0.2) is 16.5 Å². The second-order valence-electron chi connectivity index (χ2n) is 9.76. The fraction of sp³-hybridized carbons (Fsp3) is 0.565. The summed E-state index contributed by atoms with van der Waals surface area (Å²) in [5, 5.41) is 7.14. The molecule has 2 N–H and O–H groups in total. The average molecular weight is 446 g/mol. The standard InChI is InChI=1S/C23H25ClFN3O3/c1-22(25)13-5-8-28(11-14(13)22)20(29)16-10-12-9-15(24)18-17(19(12)31-16)23(27-21(30)26-18)6-3-2-4-7-23/h9-10,13-14H,2-8,11H2,1H3,(H2,26,27,30). The highest BCUT2D eigenvalue weighted by Gasteiger charge is 2.64. The molecular weight excluding hydrogens is 421 g/mol. The summed E-state index contributed by atoms with van der Waals surface area (Å²) in [7, 11) is 0. The predicted octanol–water partition coefficient (Wildman–Crippen LogP) is 5.20. The van der Waals surface area contributed by atoms with E-state index in [0.29, 0.717) is 35.8 Å². The number of halogens is 2. The molecule has 164 valence electrons. The number of nitrogens with zero attached hydrogens (tertiary/aromatic N) is 1. The van der Waals surface area contributed by atoms with Crippen LogP contribution in [0.5, 0.6) is 0 Å².